The van der Waals surface area contributed by atoms with Crippen LogP contribution in [-0.2, 0) is 11.3 Å². The molecule has 1 amide bonds. The highest BCUT2D eigenvalue weighted by atomic mass is 16.6. The first-order valence-electron chi connectivity index (χ1n) is 7.43. The number of nitrogen functional groups attached to an aromatic ring is 1. The van der Waals surface area contributed by atoms with Crippen LogP contribution >= 0.6 is 0 Å². The molecule has 1 aromatic heterocycles. The molecule has 0 unspecified atom stereocenters. The monoisotopic (exact) mass is 297 g/mol. The van der Waals surface area contributed by atoms with Gasteiger partial charge in [-0.2, -0.15) is 0 Å². The summed E-state index contributed by atoms with van der Waals surface area (Å²) in [4.78, 5) is 18.2. The van der Waals surface area contributed by atoms with Gasteiger partial charge in [0.25, 0.3) is 0 Å². The number of pyridine rings is 1. The van der Waals surface area contributed by atoms with Gasteiger partial charge in [0.2, 0.25) is 0 Å². The molecule has 1 aliphatic heterocycles. The van der Waals surface area contributed by atoms with E-state index in [4.69, 9.17) is 10.5 Å². The maximum absolute atomic E-state index is 12.4. The molecule has 0 saturated carbocycles. The second-order valence-electron chi connectivity index (χ2n) is 5.37. The summed E-state index contributed by atoms with van der Waals surface area (Å²) in [6, 6.07) is 13.4. The Morgan fingerprint density at radius 2 is 2.09 bits per heavy atom. The zero-order chi connectivity index (χ0) is 15.4. The largest absolute Gasteiger partial charge is 0.445 e. The lowest BCUT2D eigenvalue weighted by Crippen LogP contribution is -2.31. The number of rotatable bonds is 3. The van der Waals surface area contributed by atoms with E-state index in [1.54, 1.807) is 11.1 Å². The maximum atomic E-state index is 12.4. The van der Waals surface area contributed by atoms with Crippen molar-refractivity contribution in [1.82, 2.24) is 9.88 Å². The number of ether oxygens (including phenoxy) is 1. The fourth-order valence-corrected chi connectivity index (χ4v) is 2.82. The average molecular weight is 297 g/mol. The summed E-state index contributed by atoms with van der Waals surface area (Å²) in [5.41, 5.74) is 7.82. The molecule has 1 saturated heterocycles. The quantitative estimate of drug-likeness (QED) is 0.945. The molecule has 22 heavy (non-hydrogen) atoms. The molecule has 2 aromatic rings. The first kappa shape index (κ1) is 14.4. The van der Waals surface area contributed by atoms with Crippen molar-refractivity contribution in [2.45, 2.75) is 25.5 Å². The van der Waals surface area contributed by atoms with Crippen LogP contribution in [0.4, 0.5) is 10.6 Å². The number of carbonyl (C=O) groups is 1. The van der Waals surface area contributed by atoms with Crippen molar-refractivity contribution in [3.05, 3.63) is 59.8 Å². The van der Waals surface area contributed by atoms with Gasteiger partial charge in [0.1, 0.15) is 12.4 Å². The first-order valence-corrected chi connectivity index (χ1v) is 7.43. The fraction of sp³-hybridized carbons (Fsp3) is 0.294. The van der Waals surface area contributed by atoms with Crippen molar-refractivity contribution in [2.75, 3.05) is 12.3 Å². The number of carbonyl (C=O) groups excluding carboxylic acids is 1. The highest BCUT2D eigenvalue weighted by molar-refractivity contribution is 5.69. The second kappa shape index (κ2) is 6.47. The molecule has 0 spiro atoms. The first-order chi connectivity index (χ1) is 10.8. The van der Waals surface area contributed by atoms with Gasteiger partial charge in [0, 0.05) is 18.3 Å². The average Bonchev–Trinajstić information content (AvgIpc) is 3.03. The third kappa shape index (κ3) is 3.03. The summed E-state index contributed by atoms with van der Waals surface area (Å²) in [6.45, 7) is 0.970. The highest BCUT2D eigenvalue weighted by Crippen LogP contribution is 2.34. The summed E-state index contributed by atoms with van der Waals surface area (Å²) in [7, 11) is 0. The number of hydrogen-bond donors (Lipinski definition) is 1. The van der Waals surface area contributed by atoms with Gasteiger partial charge in [-0.05, 0) is 24.5 Å². The Labute approximate surface area is 129 Å². The molecule has 2 heterocycles. The van der Waals surface area contributed by atoms with Crippen LogP contribution in [-0.4, -0.2) is 22.5 Å². The zero-order valence-electron chi connectivity index (χ0n) is 12.3. The van der Waals surface area contributed by atoms with E-state index in [1.807, 2.05) is 42.5 Å². The number of amides is 1. The third-order valence-corrected chi connectivity index (χ3v) is 3.92. The lowest BCUT2D eigenvalue weighted by Gasteiger charge is -2.25. The third-order valence-electron chi connectivity index (χ3n) is 3.92. The summed E-state index contributed by atoms with van der Waals surface area (Å²) < 4.78 is 5.43. The van der Waals surface area contributed by atoms with Gasteiger partial charge >= 0.3 is 6.09 Å². The Balaban J connectivity index is 1.68. The van der Waals surface area contributed by atoms with E-state index in [1.165, 1.54) is 0 Å². The normalized spacial score (nSPS) is 17.5. The van der Waals surface area contributed by atoms with Gasteiger partial charge in [-0.15, -0.1) is 0 Å². The molecule has 1 atom stereocenters. The maximum Gasteiger partial charge on any atom is 0.410 e. The molecular weight excluding hydrogens is 278 g/mol. The van der Waals surface area contributed by atoms with Crippen molar-refractivity contribution in [1.29, 1.82) is 0 Å². The molecule has 5 nitrogen and oxygen atoms in total. The van der Waals surface area contributed by atoms with Gasteiger partial charge in [-0.1, -0.05) is 36.4 Å². The molecule has 0 radical (unpaired) electrons. The minimum atomic E-state index is -0.297. The number of likely N-dealkylation sites (tertiary alicyclic amines) is 1. The predicted molar refractivity (Wildman–Crippen MR) is 84.0 cm³/mol. The SMILES string of the molecule is Nc1ncccc1[C@@H]1CCCN1C(=O)OCc1ccccc1. The van der Waals surface area contributed by atoms with Crippen molar-refractivity contribution >= 4 is 11.9 Å². The number of aromatic nitrogens is 1. The molecule has 3 rings (SSSR count). The van der Waals surface area contributed by atoms with Gasteiger partial charge < -0.3 is 15.4 Å². The number of nitrogens with zero attached hydrogens (tertiary/aromatic N) is 2. The lowest BCUT2D eigenvalue weighted by molar-refractivity contribution is 0.0921. The molecular formula is C17H19N3O2. The van der Waals surface area contributed by atoms with Crippen molar-refractivity contribution in [2.24, 2.45) is 0 Å². The molecule has 0 aliphatic carbocycles. The number of nitrogens with two attached hydrogens (primary N) is 1. The van der Waals surface area contributed by atoms with E-state index in [-0.39, 0.29) is 18.7 Å². The van der Waals surface area contributed by atoms with E-state index in [0.29, 0.717) is 12.4 Å². The zero-order valence-corrected chi connectivity index (χ0v) is 12.3. The van der Waals surface area contributed by atoms with Crippen LogP contribution in [0.15, 0.2) is 48.7 Å². The van der Waals surface area contributed by atoms with Crippen molar-refractivity contribution < 1.29 is 9.53 Å². The minimum Gasteiger partial charge on any atom is -0.445 e. The Bertz CT molecular complexity index is 645. The molecule has 0 bridgehead atoms. The predicted octanol–water partition coefficient (Wildman–Crippen LogP) is 3.14. The van der Waals surface area contributed by atoms with Gasteiger partial charge in [0.05, 0.1) is 6.04 Å². The van der Waals surface area contributed by atoms with Gasteiger partial charge in [-0.3, -0.25) is 0 Å². The van der Waals surface area contributed by atoms with Crippen LogP contribution in [0.2, 0.25) is 0 Å². The molecule has 5 heteroatoms. The van der Waals surface area contributed by atoms with Crippen LogP contribution in [0.1, 0.15) is 30.0 Å². The standard InChI is InChI=1S/C17H19N3O2/c18-16-14(8-4-10-19-16)15-9-5-11-20(15)17(21)22-12-13-6-2-1-3-7-13/h1-4,6-8,10,15H,5,9,11-12H2,(H2,18,19)/t15-/m0/s1. The Morgan fingerprint density at radius 1 is 1.27 bits per heavy atom. The molecule has 1 fully saturated rings. The van der Waals surface area contributed by atoms with E-state index in [2.05, 4.69) is 4.98 Å². The molecule has 2 N–H and O–H groups in total. The number of benzene rings is 1. The smallest absolute Gasteiger partial charge is 0.410 e. The van der Waals surface area contributed by atoms with Gasteiger partial charge in [0.15, 0.2) is 0 Å². The van der Waals surface area contributed by atoms with Crippen LogP contribution < -0.4 is 5.73 Å². The fourth-order valence-electron chi connectivity index (χ4n) is 2.82. The summed E-state index contributed by atoms with van der Waals surface area (Å²) in [5.74, 6) is 0.482. The lowest BCUT2D eigenvalue weighted by atomic mass is 10.1. The second-order valence-corrected chi connectivity index (χ2v) is 5.37. The molecule has 1 aliphatic rings. The topological polar surface area (TPSA) is 68.5 Å². The highest BCUT2D eigenvalue weighted by Gasteiger charge is 2.32. The Kier molecular flexibility index (Phi) is 4.23. The van der Waals surface area contributed by atoms with Crippen LogP contribution in [0.25, 0.3) is 0 Å². The van der Waals surface area contributed by atoms with Crippen LogP contribution in [0.5, 0.6) is 0 Å². The van der Waals surface area contributed by atoms with E-state index < -0.39 is 0 Å². The summed E-state index contributed by atoms with van der Waals surface area (Å²) in [6.07, 6.45) is 3.19. The molecule has 1 aromatic carbocycles. The number of hydrogen-bond acceptors (Lipinski definition) is 4. The minimum absolute atomic E-state index is 0.0445. The molecule has 114 valence electrons. The van der Waals surface area contributed by atoms with Crippen molar-refractivity contribution in [3.8, 4) is 0 Å². The van der Waals surface area contributed by atoms with Gasteiger partial charge in [-0.25, -0.2) is 9.78 Å². The van der Waals surface area contributed by atoms with Crippen LogP contribution in [0.3, 0.4) is 0 Å². The van der Waals surface area contributed by atoms with Crippen molar-refractivity contribution in [3.63, 3.8) is 0 Å². The van der Waals surface area contributed by atoms with E-state index >= 15 is 0 Å². The summed E-state index contributed by atoms with van der Waals surface area (Å²) in [5, 5.41) is 0. The number of anilines is 1. The summed E-state index contributed by atoms with van der Waals surface area (Å²) >= 11 is 0. The van der Waals surface area contributed by atoms with E-state index in [9.17, 15) is 4.79 Å². The van der Waals surface area contributed by atoms with E-state index in [0.717, 1.165) is 24.0 Å². The van der Waals surface area contributed by atoms with Crippen LogP contribution in [0, 0.1) is 0 Å². The Morgan fingerprint density at radius 3 is 2.86 bits per heavy atom. The Hall–Kier alpha value is -2.56.